The van der Waals surface area contributed by atoms with Crippen molar-refractivity contribution >= 4 is 20.0 Å². The summed E-state index contributed by atoms with van der Waals surface area (Å²) in [6.07, 6.45) is 0. The minimum absolute atomic E-state index is 0.0208. The molecule has 9 heteroatoms. The van der Waals surface area contributed by atoms with Crippen molar-refractivity contribution in [2.75, 3.05) is 27.2 Å². The lowest BCUT2D eigenvalue weighted by Crippen LogP contribution is -2.32. The van der Waals surface area contributed by atoms with Crippen LogP contribution in [0, 0.1) is 5.92 Å². The highest BCUT2D eigenvalue weighted by Gasteiger charge is 2.17. The third-order valence-electron chi connectivity index (χ3n) is 2.89. The average Bonchev–Trinajstić information content (AvgIpc) is 2.46. The van der Waals surface area contributed by atoms with Crippen LogP contribution in [0.1, 0.15) is 6.92 Å². The molecular weight excluding hydrogens is 314 g/mol. The van der Waals surface area contributed by atoms with Crippen molar-refractivity contribution in [3.05, 3.63) is 24.3 Å². The van der Waals surface area contributed by atoms with Crippen LogP contribution in [0.25, 0.3) is 0 Å². The molecule has 0 amide bonds. The molecule has 1 aromatic rings. The Morgan fingerprint density at radius 3 is 1.81 bits per heavy atom. The summed E-state index contributed by atoms with van der Waals surface area (Å²) in [4.78, 5) is 0.0571. The van der Waals surface area contributed by atoms with Crippen molar-refractivity contribution in [1.82, 2.24) is 14.8 Å². The van der Waals surface area contributed by atoms with E-state index in [1.807, 2.05) is 6.92 Å². The molecule has 7 nitrogen and oxygen atoms in total. The van der Waals surface area contributed by atoms with Gasteiger partial charge in [-0.3, -0.25) is 0 Å². The first kappa shape index (κ1) is 18.1. The number of benzene rings is 1. The van der Waals surface area contributed by atoms with Crippen LogP contribution >= 0.6 is 0 Å². The molecule has 0 radical (unpaired) electrons. The van der Waals surface area contributed by atoms with Gasteiger partial charge in [-0.25, -0.2) is 26.3 Å². The fourth-order valence-corrected chi connectivity index (χ4v) is 3.57. The van der Waals surface area contributed by atoms with Crippen molar-refractivity contribution in [2.45, 2.75) is 16.7 Å². The predicted octanol–water partition coefficient (Wildman–Crippen LogP) is -0.271. The van der Waals surface area contributed by atoms with Crippen molar-refractivity contribution < 1.29 is 16.8 Å². The average molecular weight is 335 g/mol. The van der Waals surface area contributed by atoms with Crippen LogP contribution in [0.15, 0.2) is 34.1 Å². The van der Waals surface area contributed by atoms with Crippen molar-refractivity contribution in [2.24, 2.45) is 5.92 Å². The molecule has 1 atom stereocenters. The highest BCUT2D eigenvalue weighted by Crippen LogP contribution is 2.14. The first-order valence-corrected chi connectivity index (χ1v) is 9.37. The van der Waals surface area contributed by atoms with Gasteiger partial charge in [0.25, 0.3) is 0 Å². The van der Waals surface area contributed by atoms with E-state index >= 15 is 0 Å². The lowest BCUT2D eigenvalue weighted by Gasteiger charge is -2.12. The first-order chi connectivity index (χ1) is 9.73. The van der Waals surface area contributed by atoms with E-state index in [-0.39, 0.29) is 15.7 Å². The quantitative estimate of drug-likeness (QED) is 0.606. The fraction of sp³-hybridized carbons (Fsp3) is 0.500. The van der Waals surface area contributed by atoms with E-state index in [0.29, 0.717) is 13.1 Å². The van der Waals surface area contributed by atoms with Gasteiger partial charge in [0, 0.05) is 6.54 Å². The summed E-state index contributed by atoms with van der Waals surface area (Å²) >= 11 is 0. The smallest absolute Gasteiger partial charge is 0.240 e. The van der Waals surface area contributed by atoms with Gasteiger partial charge >= 0.3 is 0 Å². The van der Waals surface area contributed by atoms with Gasteiger partial charge in [-0.2, -0.15) is 0 Å². The molecule has 1 rings (SSSR count). The summed E-state index contributed by atoms with van der Waals surface area (Å²) in [6, 6.07) is 5.07. The Kier molecular flexibility index (Phi) is 6.29. The molecule has 0 bridgehead atoms. The normalized spacial score (nSPS) is 14.0. The summed E-state index contributed by atoms with van der Waals surface area (Å²) in [5, 5.41) is 2.97. The van der Waals surface area contributed by atoms with Crippen molar-refractivity contribution in [3.63, 3.8) is 0 Å². The van der Waals surface area contributed by atoms with Gasteiger partial charge < -0.3 is 5.32 Å². The molecule has 0 spiro atoms. The number of rotatable bonds is 8. The molecule has 3 N–H and O–H groups in total. The monoisotopic (exact) mass is 335 g/mol. The molecule has 0 aromatic heterocycles. The number of hydrogen-bond acceptors (Lipinski definition) is 5. The van der Waals surface area contributed by atoms with Gasteiger partial charge in [-0.1, -0.05) is 6.92 Å². The number of nitrogens with one attached hydrogen (secondary N) is 3. The predicted molar refractivity (Wildman–Crippen MR) is 81.0 cm³/mol. The topological polar surface area (TPSA) is 104 Å². The van der Waals surface area contributed by atoms with Crippen molar-refractivity contribution in [3.8, 4) is 0 Å². The summed E-state index contributed by atoms with van der Waals surface area (Å²) in [7, 11) is -4.11. The number of sulfonamides is 2. The van der Waals surface area contributed by atoms with Gasteiger partial charge in [0.2, 0.25) is 20.0 Å². The maximum absolute atomic E-state index is 12.1. The van der Waals surface area contributed by atoms with Gasteiger partial charge in [0.05, 0.1) is 9.79 Å². The van der Waals surface area contributed by atoms with Crippen LogP contribution in [0.2, 0.25) is 0 Å². The number of hydrogen-bond donors (Lipinski definition) is 3. The molecule has 0 aliphatic heterocycles. The van der Waals surface area contributed by atoms with Gasteiger partial charge in [-0.05, 0) is 50.8 Å². The fourth-order valence-electron chi connectivity index (χ4n) is 1.67. The second-order valence-corrected chi connectivity index (χ2v) is 8.35. The van der Waals surface area contributed by atoms with E-state index < -0.39 is 20.0 Å². The molecule has 0 fully saturated rings. The molecule has 0 heterocycles. The zero-order valence-corrected chi connectivity index (χ0v) is 13.9. The lowest BCUT2D eigenvalue weighted by molar-refractivity contribution is 0.519. The Bertz CT molecular complexity index is 654. The van der Waals surface area contributed by atoms with E-state index in [1.54, 1.807) is 7.05 Å². The van der Waals surface area contributed by atoms with Crippen LogP contribution in [-0.2, 0) is 20.0 Å². The minimum Gasteiger partial charge on any atom is -0.319 e. The highest BCUT2D eigenvalue weighted by molar-refractivity contribution is 7.90. The molecular formula is C12H21N3O4S2. The SMILES string of the molecule is CNCC(C)CNS(=O)(=O)c1ccc(S(=O)(=O)NC)cc1. The molecule has 0 saturated carbocycles. The van der Waals surface area contributed by atoms with E-state index in [2.05, 4.69) is 14.8 Å². The van der Waals surface area contributed by atoms with E-state index in [4.69, 9.17) is 0 Å². The third kappa shape index (κ3) is 5.04. The van der Waals surface area contributed by atoms with E-state index in [0.717, 1.165) is 0 Å². The van der Waals surface area contributed by atoms with Crippen LogP contribution in [0.4, 0.5) is 0 Å². The standard InChI is InChI=1S/C12H21N3O4S2/c1-10(8-13-2)9-15-21(18,19)12-6-4-11(5-7-12)20(16,17)14-3/h4-7,10,13-15H,8-9H2,1-3H3. The molecule has 0 aliphatic rings. The van der Waals surface area contributed by atoms with E-state index in [1.165, 1.54) is 31.3 Å². The Morgan fingerprint density at radius 2 is 1.38 bits per heavy atom. The van der Waals surface area contributed by atoms with Gasteiger partial charge in [0.15, 0.2) is 0 Å². The highest BCUT2D eigenvalue weighted by atomic mass is 32.2. The Morgan fingerprint density at radius 1 is 0.905 bits per heavy atom. The minimum atomic E-state index is -3.64. The zero-order chi connectivity index (χ0) is 16.1. The van der Waals surface area contributed by atoms with Gasteiger partial charge in [0.1, 0.15) is 0 Å². The second-order valence-electron chi connectivity index (χ2n) is 4.69. The van der Waals surface area contributed by atoms with Crippen LogP contribution in [0.3, 0.4) is 0 Å². The maximum atomic E-state index is 12.1. The van der Waals surface area contributed by atoms with E-state index in [9.17, 15) is 16.8 Å². The Hall–Kier alpha value is -1.00. The zero-order valence-electron chi connectivity index (χ0n) is 12.3. The van der Waals surface area contributed by atoms with Gasteiger partial charge in [-0.15, -0.1) is 0 Å². The molecule has 21 heavy (non-hydrogen) atoms. The summed E-state index contributed by atoms with van der Waals surface area (Å²) in [5.41, 5.74) is 0. The Balaban J connectivity index is 2.86. The molecule has 1 unspecified atom stereocenters. The molecule has 120 valence electrons. The lowest BCUT2D eigenvalue weighted by atomic mass is 10.2. The molecule has 0 aliphatic carbocycles. The third-order valence-corrected chi connectivity index (χ3v) is 5.76. The van der Waals surface area contributed by atoms with Crippen LogP contribution in [0.5, 0.6) is 0 Å². The maximum Gasteiger partial charge on any atom is 0.240 e. The molecule has 1 aromatic carbocycles. The molecule has 0 saturated heterocycles. The van der Waals surface area contributed by atoms with Crippen LogP contribution < -0.4 is 14.8 Å². The van der Waals surface area contributed by atoms with Crippen LogP contribution in [-0.4, -0.2) is 44.0 Å². The second kappa shape index (κ2) is 7.32. The largest absolute Gasteiger partial charge is 0.319 e. The first-order valence-electron chi connectivity index (χ1n) is 6.41. The Labute approximate surface area is 126 Å². The summed E-state index contributed by atoms with van der Waals surface area (Å²) in [5.74, 6) is 0.147. The summed E-state index contributed by atoms with van der Waals surface area (Å²) < 4.78 is 52.0. The van der Waals surface area contributed by atoms with Crippen molar-refractivity contribution in [1.29, 1.82) is 0 Å². The summed E-state index contributed by atoms with van der Waals surface area (Å²) in [6.45, 7) is 2.92.